The smallest absolute Gasteiger partial charge is 0.321 e. The standard InChI is InChI=1S/C22H34N2O/c1-16-4-7-19(8-5-16)15-20-10-12-24(13-11-20)22(25)23-21-9-6-17(2)14-18(21)3/h6,9,14,16,19-20H,4-5,7-8,10-13,15H2,1-3H3,(H,23,25). The van der Waals surface area contributed by atoms with Crippen LogP contribution >= 0.6 is 0 Å². The minimum Gasteiger partial charge on any atom is -0.325 e. The lowest BCUT2D eigenvalue weighted by atomic mass is 9.77. The molecule has 25 heavy (non-hydrogen) atoms. The van der Waals surface area contributed by atoms with Gasteiger partial charge in [0.1, 0.15) is 0 Å². The van der Waals surface area contributed by atoms with Gasteiger partial charge in [0.05, 0.1) is 0 Å². The maximum atomic E-state index is 12.6. The Bertz CT molecular complexity index is 582. The van der Waals surface area contributed by atoms with Gasteiger partial charge in [-0.15, -0.1) is 0 Å². The normalized spacial score (nSPS) is 25.0. The Morgan fingerprint density at radius 1 is 1.04 bits per heavy atom. The number of aryl methyl sites for hydroxylation is 2. The Labute approximate surface area is 153 Å². The first-order chi connectivity index (χ1) is 12.0. The number of carbonyl (C=O) groups is 1. The molecule has 3 rings (SSSR count). The first-order valence-corrected chi connectivity index (χ1v) is 10.1. The highest BCUT2D eigenvalue weighted by Gasteiger charge is 2.26. The molecule has 0 bridgehead atoms. The topological polar surface area (TPSA) is 32.3 Å². The number of likely N-dealkylation sites (tertiary alicyclic amines) is 1. The molecule has 1 aromatic rings. The molecule has 1 aromatic carbocycles. The molecule has 1 saturated carbocycles. The zero-order valence-electron chi connectivity index (χ0n) is 16.2. The number of rotatable bonds is 3. The van der Waals surface area contributed by atoms with E-state index < -0.39 is 0 Å². The fourth-order valence-electron chi connectivity index (χ4n) is 4.56. The van der Waals surface area contributed by atoms with Crippen LogP contribution in [0.25, 0.3) is 0 Å². The number of urea groups is 1. The van der Waals surface area contributed by atoms with E-state index in [0.29, 0.717) is 0 Å². The van der Waals surface area contributed by atoms with Gasteiger partial charge < -0.3 is 10.2 Å². The number of anilines is 1. The molecule has 2 amide bonds. The molecule has 1 aliphatic carbocycles. The molecular formula is C22H34N2O. The van der Waals surface area contributed by atoms with Crippen molar-refractivity contribution in [1.82, 2.24) is 4.90 Å². The van der Waals surface area contributed by atoms with Crippen molar-refractivity contribution in [3.8, 4) is 0 Å². The summed E-state index contributed by atoms with van der Waals surface area (Å²) < 4.78 is 0. The van der Waals surface area contributed by atoms with Crippen molar-refractivity contribution in [1.29, 1.82) is 0 Å². The predicted molar refractivity (Wildman–Crippen MR) is 105 cm³/mol. The molecule has 2 fully saturated rings. The van der Waals surface area contributed by atoms with Crippen LogP contribution in [-0.4, -0.2) is 24.0 Å². The van der Waals surface area contributed by atoms with E-state index in [9.17, 15) is 4.79 Å². The van der Waals surface area contributed by atoms with Gasteiger partial charge in [0.15, 0.2) is 0 Å². The zero-order chi connectivity index (χ0) is 17.8. The van der Waals surface area contributed by atoms with Crippen LogP contribution < -0.4 is 5.32 Å². The van der Waals surface area contributed by atoms with Crippen molar-refractivity contribution in [2.75, 3.05) is 18.4 Å². The molecule has 0 radical (unpaired) electrons. The van der Waals surface area contributed by atoms with Gasteiger partial charge in [-0.1, -0.05) is 50.3 Å². The molecule has 1 saturated heterocycles. The summed E-state index contributed by atoms with van der Waals surface area (Å²) in [7, 11) is 0. The Morgan fingerprint density at radius 3 is 2.32 bits per heavy atom. The van der Waals surface area contributed by atoms with Crippen LogP contribution in [0.3, 0.4) is 0 Å². The van der Waals surface area contributed by atoms with Crippen LogP contribution in [0.4, 0.5) is 10.5 Å². The second-order valence-corrected chi connectivity index (χ2v) is 8.54. The monoisotopic (exact) mass is 342 g/mol. The minimum absolute atomic E-state index is 0.0666. The molecule has 0 atom stereocenters. The quantitative estimate of drug-likeness (QED) is 0.743. The third kappa shape index (κ3) is 4.99. The number of nitrogens with zero attached hydrogens (tertiary/aromatic N) is 1. The van der Waals surface area contributed by atoms with Gasteiger partial charge in [-0.05, 0) is 62.5 Å². The average Bonchev–Trinajstić information content (AvgIpc) is 2.60. The van der Waals surface area contributed by atoms with Gasteiger partial charge in [-0.2, -0.15) is 0 Å². The molecule has 3 heteroatoms. The molecule has 3 nitrogen and oxygen atoms in total. The Balaban J connectivity index is 1.44. The van der Waals surface area contributed by atoms with Crippen molar-refractivity contribution < 1.29 is 4.79 Å². The number of hydrogen-bond donors (Lipinski definition) is 1. The van der Waals surface area contributed by atoms with Crippen LogP contribution in [0.1, 0.15) is 63.0 Å². The summed E-state index contributed by atoms with van der Waals surface area (Å²) in [6.45, 7) is 8.34. The fraction of sp³-hybridized carbons (Fsp3) is 0.682. The largest absolute Gasteiger partial charge is 0.325 e. The number of hydrogen-bond acceptors (Lipinski definition) is 1. The third-order valence-electron chi connectivity index (χ3n) is 6.33. The van der Waals surface area contributed by atoms with E-state index in [1.807, 2.05) is 11.0 Å². The molecule has 1 heterocycles. The van der Waals surface area contributed by atoms with Crippen LogP contribution in [0.5, 0.6) is 0 Å². The molecule has 0 spiro atoms. The van der Waals surface area contributed by atoms with E-state index >= 15 is 0 Å². The molecule has 1 aliphatic heterocycles. The highest BCUT2D eigenvalue weighted by atomic mass is 16.2. The van der Waals surface area contributed by atoms with E-state index in [4.69, 9.17) is 0 Å². The number of piperidine rings is 1. The van der Waals surface area contributed by atoms with E-state index in [-0.39, 0.29) is 6.03 Å². The van der Waals surface area contributed by atoms with Gasteiger partial charge in [0, 0.05) is 18.8 Å². The van der Waals surface area contributed by atoms with Crippen LogP contribution in [0, 0.1) is 31.6 Å². The molecular weight excluding hydrogens is 308 g/mol. The highest BCUT2D eigenvalue weighted by molar-refractivity contribution is 5.90. The predicted octanol–water partition coefficient (Wildman–Crippen LogP) is 5.76. The highest BCUT2D eigenvalue weighted by Crippen LogP contribution is 2.35. The molecule has 138 valence electrons. The zero-order valence-corrected chi connectivity index (χ0v) is 16.2. The van der Waals surface area contributed by atoms with E-state index in [1.165, 1.54) is 50.5 Å². The van der Waals surface area contributed by atoms with Crippen LogP contribution in [0.15, 0.2) is 18.2 Å². The van der Waals surface area contributed by atoms with Gasteiger partial charge >= 0.3 is 6.03 Å². The number of amides is 2. The number of carbonyl (C=O) groups excluding carboxylic acids is 1. The van der Waals surface area contributed by atoms with Gasteiger partial charge in [-0.3, -0.25) is 0 Å². The van der Waals surface area contributed by atoms with Gasteiger partial charge in [0.2, 0.25) is 0 Å². The summed E-state index contributed by atoms with van der Waals surface area (Å²) in [5, 5.41) is 3.10. The van der Waals surface area contributed by atoms with Gasteiger partial charge in [-0.25, -0.2) is 4.79 Å². The second-order valence-electron chi connectivity index (χ2n) is 8.54. The van der Waals surface area contributed by atoms with Gasteiger partial charge in [0.25, 0.3) is 0 Å². The number of nitrogens with one attached hydrogen (secondary N) is 1. The Hall–Kier alpha value is -1.51. The SMILES string of the molecule is Cc1ccc(NC(=O)N2CCC(CC3CCC(C)CC3)CC2)c(C)c1. The van der Waals surface area contributed by atoms with E-state index in [1.54, 1.807) is 0 Å². The van der Waals surface area contributed by atoms with E-state index in [2.05, 4.69) is 38.2 Å². The lowest BCUT2D eigenvalue weighted by Gasteiger charge is -2.35. The first kappa shape index (κ1) is 18.3. The third-order valence-corrected chi connectivity index (χ3v) is 6.33. The first-order valence-electron chi connectivity index (χ1n) is 10.1. The summed E-state index contributed by atoms with van der Waals surface area (Å²) in [5.74, 6) is 2.70. The maximum Gasteiger partial charge on any atom is 0.321 e. The average molecular weight is 343 g/mol. The van der Waals surface area contributed by atoms with Crippen molar-refractivity contribution in [3.05, 3.63) is 29.3 Å². The van der Waals surface area contributed by atoms with Crippen molar-refractivity contribution in [2.24, 2.45) is 17.8 Å². The number of benzene rings is 1. The lowest BCUT2D eigenvalue weighted by molar-refractivity contribution is 0.162. The maximum absolute atomic E-state index is 12.6. The fourth-order valence-corrected chi connectivity index (χ4v) is 4.56. The summed E-state index contributed by atoms with van der Waals surface area (Å²) in [6.07, 6.45) is 9.42. The molecule has 2 aliphatic rings. The van der Waals surface area contributed by atoms with Crippen LogP contribution in [-0.2, 0) is 0 Å². The molecule has 1 N–H and O–H groups in total. The van der Waals surface area contributed by atoms with Crippen molar-refractivity contribution in [2.45, 2.75) is 65.7 Å². The second kappa shape index (κ2) is 8.25. The summed E-state index contributed by atoms with van der Waals surface area (Å²) in [5.41, 5.74) is 3.30. The van der Waals surface area contributed by atoms with Crippen LogP contribution in [0.2, 0.25) is 0 Å². The summed E-state index contributed by atoms with van der Waals surface area (Å²) >= 11 is 0. The van der Waals surface area contributed by atoms with Crippen molar-refractivity contribution >= 4 is 11.7 Å². The molecule has 0 unspecified atom stereocenters. The summed E-state index contributed by atoms with van der Waals surface area (Å²) in [4.78, 5) is 14.6. The minimum atomic E-state index is 0.0666. The van der Waals surface area contributed by atoms with E-state index in [0.717, 1.165) is 42.1 Å². The van der Waals surface area contributed by atoms with Crippen molar-refractivity contribution in [3.63, 3.8) is 0 Å². The molecule has 0 aromatic heterocycles. The lowest BCUT2D eigenvalue weighted by Crippen LogP contribution is -2.41. The summed E-state index contributed by atoms with van der Waals surface area (Å²) in [6, 6.07) is 6.25. The Morgan fingerprint density at radius 2 is 1.68 bits per heavy atom. The Kier molecular flexibility index (Phi) is 6.03.